The van der Waals surface area contributed by atoms with Crippen molar-refractivity contribution in [1.82, 2.24) is 0 Å². The van der Waals surface area contributed by atoms with Gasteiger partial charge in [0.15, 0.2) is 0 Å². The summed E-state index contributed by atoms with van der Waals surface area (Å²) < 4.78 is 5.50. The third kappa shape index (κ3) is 3.67. The van der Waals surface area contributed by atoms with Gasteiger partial charge in [0.05, 0.1) is 12.3 Å². The van der Waals surface area contributed by atoms with E-state index in [0.717, 1.165) is 18.0 Å². The molecule has 0 spiro atoms. The molecule has 1 unspecified atom stereocenters. The first-order chi connectivity index (χ1) is 9.70. The number of anilines is 2. The quantitative estimate of drug-likeness (QED) is 0.783. The Bertz CT molecular complexity index is 540. The Hall–Kier alpha value is -2.16. The summed E-state index contributed by atoms with van der Waals surface area (Å²) in [4.78, 5) is 0. The predicted octanol–water partition coefficient (Wildman–Crippen LogP) is 3.88. The van der Waals surface area contributed by atoms with Crippen molar-refractivity contribution in [2.24, 2.45) is 0 Å². The van der Waals surface area contributed by atoms with E-state index in [1.165, 1.54) is 5.56 Å². The molecule has 0 saturated heterocycles. The lowest BCUT2D eigenvalue weighted by Gasteiger charge is -2.15. The summed E-state index contributed by atoms with van der Waals surface area (Å²) in [5.74, 6) is 1.19. The van der Waals surface area contributed by atoms with Crippen LogP contribution in [-0.4, -0.2) is 13.2 Å². The lowest BCUT2D eigenvalue weighted by Crippen LogP contribution is -2.10. The van der Waals surface area contributed by atoms with E-state index < -0.39 is 0 Å². The van der Waals surface area contributed by atoms with Crippen LogP contribution in [0.25, 0.3) is 0 Å². The SMILES string of the molecule is CCOc1cc(NCC(C)c2ccccc2)ccc1N. The van der Waals surface area contributed by atoms with Crippen LogP contribution in [0.4, 0.5) is 11.4 Å². The van der Waals surface area contributed by atoms with Crippen molar-refractivity contribution in [3.63, 3.8) is 0 Å². The molecule has 0 amide bonds. The molecule has 3 heteroatoms. The van der Waals surface area contributed by atoms with Gasteiger partial charge in [-0.1, -0.05) is 37.3 Å². The fourth-order valence-electron chi connectivity index (χ4n) is 2.10. The normalized spacial score (nSPS) is 11.9. The first-order valence-electron chi connectivity index (χ1n) is 7.02. The van der Waals surface area contributed by atoms with Gasteiger partial charge in [0.2, 0.25) is 0 Å². The molecular formula is C17H22N2O. The molecule has 3 nitrogen and oxygen atoms in total. The van der Waals surface area contributed by atoms with Gasteiger partial charge in [-0.3, -0.25) is 0 Å². The van der Waals surface area contributed by atoms with Crippen LogP contribution in [0.1, 0.15) is 25.3 Å². The molecular weight excluding hydrogens is 248 g/mol. The zero-order valence-corrected chi connectivity index (χ0v) is 12.1. The average Bonchev–Trinajstić information content (AvgIpc) is 2.49. The van der Waals surface area contributed by atoms with E-state index in [1.54, 1.807) is 0 Å². The van der Waals surface area contributed by atoms with Gasteiger partial charge in [0.25, 0.3) is 0 Å². The van der Waals surface area contributed by atoms with Crippen LogP contribution in [0.15, 0.2) is 48.5 Å². The van der Waals surface area contributed by atoms with Crippen molar-refractivity contribution < 1.29 is 4.74 Å². The topological polar surface area (TPSA) is 47.3 Å². The van der Waals surface area contributed by atoms with Crippen molar-refractivity contribution in [2.45, 2.75) is 19.8 Å². The molecule has 0 aliphatic carbocycles. The third-order valence-corrected chi connectivity index (χ3v) is 3.29. The second kappa shape index (κ2) is 6.85. The predicted molar refractivity (Wildman–Crippen MR) is 85.4 cm³/mol. The Morgan fingerprint density at radius 3 is 2.60 bits per heavy atom. The highest BCUT2D eigenvalue weighted by Crippen LogP contribution is 2.26. The maximum atomic E-state index is 5.87. The Kier molecular flexibility index (Phi) is 4.88. The Morgan fingerprint density at radius 2 is 1.90 bits per heavy atom. The van der Waals surface area contributed by atoms with Gasteiger partial charge in [-0.2, -0.15) is 0 Å². The Morgan fingerprint density at radius 1 is 1.15 bits per heavy atom. The second-order valence-electron chi connectivity index (χ2n) is 4.88. The zero-order valence-electron chi connectivity index (χ0n) is 12.1. The van der Waals surface area contributed by atoms with Crippen molar-refractivity contribution in [3.05, 3.63) is 54.1 Å². The molecule has 0 radical (unpaired) electrons. The molecule has 0 fully saturated rings. The molecule has 1 atom stereocenters. The molecule has 0 aromatic heterocycles. The fraction of sp³-hybridized carbons (Fsp3) is 0.294. The Balaban J connectivity index is 1.98. The first kappa shape index (κ1) is 14.3. The largest absolute Gasteiger partial charge is 0.492 e. The number of benzene rings is 2. The molecule has 2 aromatic rings. The van der Waals surface area contributed by atoms with Crippen LogP contribution in [0, 0.1) is 0 Å². The van der Waals surface area contributed by atoms with E-state index in [9.17, 15) is 0 Å². The summed E-state index contributed by atoms with van der Waals surface area (Å²) in [6.07, 6.45) is 0. The van der Waals surface area contributed by atoms with E-state index in [1.807, 2.05) is 31.2 Å². The summed E-state index contributed by atoms with van der Waals surface area (Å²) in [6, 6.07) is 16.3. The van der Waals surface area contributed by atoms with Crippen molar-refractivity contribution in [2.75, 3.05) is 24.2 Å². The highest BCUT2D eigenvalue weighted by atomic mass is 16.5. The van der Waals surface area contributed by atoms with Gasteiger partial charge in [-0.05, 0) is 30.5 Å². The monoisotopic (exact) mass is 270 g/mol. The van der Waals surface area contributed by atoms with E-state index in [2.05, 4.69) is 36.5 Å². The first-order valence-corrected chi connectivity index (χ1v) is 7.02. The van der Waals surface area contributed by atoms with E-state index >= 15 is 0 Å². The Labute approximate surface area is 120 Å². The van der Waals surface area contributed by atoms with Crippen LogP contribution in [0.2, 0.25) is 0 Å². The number of hydrogen-bond donors (Lipinski definition) is 2. The second-order valence-corrected chi connectivity index (χ2v) is 4.88. The number of nitrogens with two attached hydrogens (primary N) is 1. The smallest absolute Gasteiger partial charge is 0.144 e. The summed E-state index contributed by atoms with van der Waals surface area (Å²) >= 11 is 0. The van der Waals surface area contributed by atoms with E-state index in [-0.39, 0.29) is 0 Å². The van der Waals surface area contributed by atoms with Crippen molar-refractivity contribution >= 4 is 11.4 Å². The number of ether oxygens (including phenoxy) is 1. The van der Waals surface area contributed by atoms with Crippen LogP contribution >= 0.6 is 0 Å². The standard InChI is InChI=1S/C17H22N2O/c1-3-20-17-11-15(9-10-16(17)18)19-12-13(2)14-7-5-4-6-8-14/h4-11,13,19H,3,12,18H2,1-2H3. The molecule has 2 aromatic carbocycles. The van der Waals surface area contributed by atoms with Gasteiger partial charge < -0.3 is 15.8 Å². The van der Waals surface area contributed by atoms with Crippen LogP contribution in [-0.2, 0) is 0 Å². The highest BCUT2D eigenvalue weighted by molar-refractivity contribution is 5.61. The number of nitrogen functional groups attached to an aromatic ring is 1. The molecule has 0 saturated carbocycles. The van der Waals surface area contributed by atoms with E-state index in [0.29, 0.717) is 18.2 Å². The summed E-state index contributed by atoms with van der Waals surface area (Å²) in [6.45, 7) is 5.66. The molecule has 0 heterocycles. The minimum Gasteiger partial charge on any atom is -0.492 e. The molecule has 0 aliphatic heterocycles. The van der Waals surface area contributed by atoms with E-state index in [4.69, 9.17) is 10.5 Å². The molecule has 0 bridgehead atoms. The third-order valence-electron chi connectivity index (χ3n) is 3.29. The lowest BCUT2D eigenvalue weighted by molar-refractivity contribution is 0.342. The molecule has 2 rings (SSSR count). The van der Waals surface area contributed by atoms with Gasteiger partial charge in [0, 0.05) is 18.3 Å². The lowest BCUT2D eigenvalue weighted by atomic mass is 10.0. The van der Waals surface area contributed by atoms with Crippen molar-refractivity contribution in [3.8, 4) is 5.75 Å². The maximum absolute atomic E-state index is 5.87. The summed E-state index contributed by atoms with van der Waals surface area (Å²) in [7, 11) is 0. The molecule has 20 heavy (non-hydrogen) atoms. The van der Waals surface area contributed by atoms with Crippen LogP contribution in [0.3, 0.4) is 0 Å². The minimum atomic E-state index is 0.448. The summed E-state index contributed by atoms with van der Waals surface area (Å²) in [5.41, 5.74) is 8.91. The van der Waals surface area contributed by atoms with Gasteiger partial charge in [-0.25, -0.2) is 0 Å². The number of hydrogen-bond acceptors (Lipinski definition) is 3. The van der Waals surface area contributed by atoms with Crippen molar-refractivity contribution in [1.29, 1.82) is 0 Å². The highest BCUT2D eigenvalue weighted by Gasteiger charge is 2.06. The van der Waals surface area contributed by atoms with Crippen LogP contribution in [0.5, 0.6) is 5.75 Å². The molecule has 106 valence electrons. The van der Waals surface area contributed by atoms with Gasteiger partial charge >= 0.3 is 0 Å². The average molecular weight is 270 g/mol. The fourth-order valence-corrected chi connectivity index (χ4v) is 2.10. The maximum Gasteiger partial charge on any atom is 0.144 e. The zero-order chi connectivity index (χ0) is 14.4. The van der Waals surface area contributed by atoms with Gasteiger partial charge in [-0.15, -0.1) is 0 Å². The van der Waals surface area contributed by atoms with Crippen LogP contribution < -0.4 is 15.8 Å². The number of rotatable bonds is 6. The molecule has 0 aliphatic rings. The summed E-state index contributed by atoms with van der Waals surface area (Å²) in [5, 5.41) is 3.43. The number of nitrogens with one attached hydrogen (secondary N) is 1. The minimum absolute atomic E-state index is 0.448. The van der Waals surface area contributed by atoms with Gasteiger partial charge in [0.1, 0.15) is 5.75 Å². The molecule has 3 N–H and O–H groups in total.